The second-order valence-corrected chi connectivity index (χ2v) is 17.5. The van der Waals surface area contributed by atoms with Crippen LogP contribution >= 0.6 is 7.82 Å². The number of phosphoric acid groups is 1. The summed E-state index contributed by atoms with van der Waals surface area (Å²) in [6.07, 6.45) is 39.1. The molecule has 0 aliphatic heterocycles. The number of ether oxygens (including phenoxy) is 2. The molecule has 0 aliphatic carbocycles. The van der Waals surface area contributed by atoms with Gasteiger partial charge in [0, 0.05) is 12.8 Å². The van der Waals surface area contributed by atoms with Gasteiger partial charge in [0.15, 0.2) is 6.10 Å². The van der Waals surface area contributed by atoms with Gasteiger partial charge in [0.05, 0.1) is 27.7 Å². The van der Waals surface area contributed by atoms with Gasteiger partial charge in [-0.2, -0.15) is 0 Å². The maximum atomic E-state index is 12.6. The Labute approximate surface area is 332 Å². The number of carbonyl (C=O) groups is 2. The SMILES string of the molecule is CCCCCC/C=C/CCCCCCCCCCCC(=O)OC[C@H](COP(=O)([O-])OCC[N+](C)(C)C)OC(=O)CCCCCCC/C=C/CCCCCC. The molecule has 0 heterocycles. The molecule has 0 bridgehead atoms. The number of rotatable bonds is 40. The average Bonchev–Trinajstić information content (AvgIpc) is 3.12. The molecular formula is C44H84NO8P. The molecule has 0 saturated carbocycles. The summed E-state index contributed by atoms with van der Waals surface area (Å²) < 4.78 is 33.9. The van der Waals surface area contributed by atoms with Gasteiger partial charge in [-0.3, -0.25) is 14.2 Å². The van der Waals surface area contributed by atoms with Gasteiger partial charge in [0.25, 0.3) is 7.82 Å². The molecule has 0 aromatic carbocycles. The van der Waals surface area contributed by atoms with Gasteiger partial charge < -0.3 is 27.9 Å². The lowest BCUT2D eigenvalue weighted by molar-refractivity contribution is -0.870. The molecule has 2 atom stereocenters. The molecule has 0 fully saturated rings. The monoisotopic (exact) mass is 786 g/mol. The zero-order chi connectivity index (χ0) is 40.0. The molecule has 0 aromatic rings. The van der Waals surface area contributed by atoms with Crippen LogP contribution in [0.2, 0.25) is 0 Å². The van der Waals surface area contributed by atoms with Gasteiger partial charge in [0.1, 0.15) is 19.8 Å². The zero-order valence-corrected chi connectivity index (χ0v) is 36.6. The van der Waals surface area contributed by atoms with Crippen LogP contribution in [0.25, 0.3) is 0 Å². The summed E-state index contributed by atoms with van der Waals surface area (Å²) >= 11 is 0. The standard InChI is InChI=1S/C44H84NO8P/c1-6-8-10-12-14-16-18-20-21-22-23-25-26-28-30-32-34-36-43(46)50-40-42(41-52-54(48,49)51-39-38-45(3,4)5)53-44(47)37-35-33-31-29-27-24-19-17-15-13-11-9-7-2/h16-19,42H,6-15,20-41H2,1-5H3/b18-16+,19-17+/t42-/m1/s1. The van der Waals surface area contributed by atoms with E-state index in [2.05, 4.69) is 38.2 Å². The maximum Gasteiger partial charge on any atom is 0.306 e. The van der Waals surface area contributed by atoms with Crippen molar-refractivity contribution in [3.63, 3.8) is 0 Å². The van der Waals surface area contributed by atoms with E-state index in [0.29, 0.717) is 17.4 Å². The first kappa shape index (κ1) is 52.5. The van der Waals surface area contributed by atoms with E-state index in [4.69, 9.17) is 18.5 Å². The summed E-state index contributed by atoms with van der Waals surface area (Å²) in [6.45, 7) is 4.19. The predicted molar refractivity (Wildman–Crippen MR) is 222 cm³/mol. The van der Waals surface area contributed by atoms with Gasteiger partial charge in [0.2, 0.25) is 0 Å². The fourth-order valence-electron chi connectivity index (χ4n) is 5.94. The lowest BCUT2D eigenvalue weighted by Crippen LogP contribution is -2.37. The highest BCUT2D eigenvalue weighted by Gasteiger charge is 2.21. The minimum atomic E-state index is -4.62. The van der Waals surface area contributed by atoms with E-state index in [-0.39, 0.29) is 32.0 Å². The Morgan fingerprint density at radius 1 is 0.556 bits per heavy atom. The molecule has 9 nitrogen and oxygen atoms in total. The molecule has 0 radical (unpaired) electrons. The van der Waals surface area contributed by atoms with Crippen molar-refractivity contribution in [2.45, 2.75) is 200 Å². The van der Waals surface area contributed by atoms with Gasteiger partial charge >= 0.3 is 11.9 Å². The molecule has 0 N–H and O–H groups in total. The molecule has 1 unspecified atom stereocenters. The number of allylic oxidation sites excluding steroid dienone is 4. The van der Waals surface area contributed by atoms with Crippen LogP contribution in [-0.2, 0) is 32.7 Å². The molecule has 54 heavy (non-hydrogen) atoms. The van der Waals surface area contributed by atoms with E-state index in [1.165, 1.54) is 109 Å². The van der Waals surface area contributed by atoms with Crippen LogP contribution in [0.5, 0.6) is 0 Å². The van der Waals surface area contributed by atoms with Crippen LogP contribution in [0.4, 0.5) is 0 Å². The van der Waals surface area contributed by atoms with Crippen LogP contribution in [0, 0.1) is 0 Å². The molecular weight excluding hydrogens is 701 g/mol. The van der Waals surface area contributed by atoms with Crippen molar-refractivity contribution < 1.29 is 42.1 Å². The van der Waals surface area contributed by atoms with Crippen LogP contribution in [0.15, 0.2) is 24.3 Å². The highest BCUT2D eigenvalue weighted by Crippen LogP contribution is 2.38. The van der Waals surface area contributed by atoms with Crippen LogP contribution in [0.3, 0.4) is 0 Å². The molecule has 318 valence electrons. The second-order valence-electron chi connectivity index (χ2n) is 16.1. The number of carbonyl (C=O) groups excluding carboxylic acids is 2. The number of likely N-dealkylation sites (N-methyl/N-ethyl adjacent to an activating group) is 1. The third kappa shape index (κ3) is 40.2. The minimum absolute atomic E-state index is 0.0315. The Morgan fingerprint density at radius 2 is 0.944 bits per heavy atom. The third-order valence-corrected chi connectivity index (χ3v) is 10.4. The van der Waals surface area contributed by atoms with Crippen molar-refractivity contribution in [2.75, 3.05) is 47.5 Å². The number of phosphoric ester groups is 1. The highest BCUT2D eigenvalue weighted by atomic mass is 31.2. The first-order valence-corrected chi connectivity index (χ1v) is 23.5. The Hall–Kier alpha value is -1.51. The van der Waals surface area contributed by atoms with Crippen LogP contribution in [-0.4, -0.2) is 70.0 Å². The Kier molecular flexibility index (Phi) is 36.1. The summed E-state index contributed by atoms with van der Waals surface area (Å²) in [5.74, 6) is -0.843. The summed E-state index contributed by atoms with van der Waals surface area (Å²) in [7, 11) is 1.16. The number of esters is 2. The second kappa shape index (κ2) is 37.1. The number of quaternary nitrogens is 1. The van der Waals surface area contributed by atoms with Crippen molar-refractivity contribution >= 4 is 19.8 Å². The Morgan fingerprint density at radius 3 is 1.37 bits per heavy atom. The van der Waals surface area contributed by atoms with Gasteiger partial charge in [-0.25, -0.2) is 0 Å². The third-order valence-electron chi connectivity index (χ3n) is 9.44. The zero-order valence-electron chi connectivity index (χ0n) is 35.7. The molecule has 0 aromatic heterocycles. The average molecular weight is 786 g/mol. The lowest BCUT2D eigenvalue weighted by atomic mass is 10.1. The minimum Gasteiger partial charge on any atom is -0.756 e. The first-order chi connectivity index (χ1) is 26.0. The van der Waals surface area contributed by atoms with E-state index in [9.17, 15) is 19.0 Å². The molecule has 0 rings (SSSR count). The van der Waals surface area contributed by atoms with Crippen molar-refractivity contribution in [1.82, 2.24) is 0 Å². The maximum absolute atomic E-state index is 12.6. The van der Waals surface area contributed by atoms with E-state index in [1.807, 2.05) is 21.1 Å². The van der Waals surface area contributed by atoms with Crippen molar-refractivity contribution in [2.24, 2.45) is 0 Å². The van der Waals surface area contributed by atoms with Crippen LogP contribution in [0.1, 0.15) is 194 Å². The predicted octanol–water partition coefficient (Wildman–Crippen LogP) is 11.7. The van der Waals surface area contributed by atoms with E-state index in [0.717, 1.165) is 51.4 Å². The van der Waals surface area contributed by atoms with Crippen molar-refractivity contribution in [3.8, 4) is 0 Å². The highest BCUT2D eigenvalue weighted by molar-refractivity contribution is 7.45. The fraction of sp³-hybridized carbons (Fsp3) is 0.864. The molecule has 0 saturated heterocycles. The summed E-state index contributed by atoms with van der Waals surface area (Å²) in [5, 5.41) is 0. The molecule has 0 aliphatic rings. The lowest BCUT2D eigenvalue weighted by Gasteiger charge is -2.28. The van der Waals surface area contributed by atoms with Crippen LogP contribution < -0.4 is 4.89 Å². The largest absolute Gasteiger partial charge is 0.756 e. The number of hydrogen-bond acceptors (Lipinski definition) is 8. The molecule has 0 amide bonds. The van der Waals surface area contributed by atoms with Crippen molar-refractivity contribution in [1.29, 1.82) is 0 Å². The summed E-state index contributed by atoms with van der Waals surface area (Å²) in [6, 6.07) is 0. The number of unbranched alkanes of at least 4 members (excludes halogenated alkanes) is 22. The number of hydrogen-bond donors (Lipinski definition) is 0. The summed E-state index contributed by atoms with van der Waals surface area (Å²) in [5.41, 5.74) is 0. The number of nitrogens with zero attached hydrogens (tertiary/aromatic N) is 1. The topological polar surface area (TPSA) is 111 Å². The van der Waals surface area contributed by atoms with Gasteiger partial charge in [-0.1, -0.05) is 141 Å². The van der Waals surface area contributed by atoms with E-state index in [1.54, 1.807) is 0 Å². The van der Waals surface area contributed by atoms with Crippen molar-refractivity contribution in [3.05, 3.63) is 24.3 Å². The van der Waals surface area contributed by atoms with Gasteiger partial charge in [-0.15, -0.1) is 0 Å². The first-order valence-electron chi connectivity index (χ1n) is 22.0. The quantitative estimate of drug-likeness (QED) is 0.0198. The normalized spacial score (nSPS) is 13.8. The van der Waals surface area contributed by atoms with Gasteiger partial charge in [-0.05, 0) is 64.2 Å². The smallest absolute Gasteiger partial charge is 0.306 e. The fourth-order valence-corrected chi connectivity index (χ4v) is 6.67. The Bertz CT molecular complexity index is 980. The summed E-state index contributed by atoms with van der Waals surface area (Å²) in [4.78, 5) is 37.5. The Balaban J connectivity index is 4.34. The molecule has 10 heteroatoms. The molecule has 0 spiro atoms. The van der Waals surface area contributed by atoms with E-state index >= 15 is 0 Å². The van der Waals surface area contributed by atoms with E-state index < -0.39 is 26.5 Å².